The average molecular weight is 401 g/mol. The molecule has 9 nitrogen and oxygen atoms in total. The maximum absolute atomic E-state index is 12.3. The number of ether oxygens (including phenoxy) is 1. The van der Waals surface area contributed by atoms with Crippen molar-refractivity contribution in [3.63, 3.8) is 0 Å². The summed E-state index contributed by atoms with van der Waals surface area (Å²) in [5, 5.41) is 4.02. The molecule has 0 radical (unpaired) electrons. The second kappa shape index (κ2) is 7.38. The molecule has 0 spiro atoms. The van der Waals surface area contributed by atoms with Crippen molar-refractivity contribution in [1.29, 1.82) is 0 Å². The molecule has 0 N–H and O–H groups in total. The van der Waals surface area contributed by atoms with Crippen molar-refractivity contribution in [2.24, 2.45) is 5.92 Å². The average Bonchev–Trinajstić information content (AvgIpc) is 3.06. The Kier molecular flexibility index (Phi) is 5.49. The van der Waals surface area contributed by atoms with E-state index in [1.807, 2.05) is 20.8 Å². The highest BCUT2D eigenvalue weighted by atomic mass is 32.2. The Hall–Kier alpha value is -1.68. The van der Waals surface area contributed by atoms with Gasteiger partial charge in [0.05, 0.1) is 18.8 Å². The Balaban J connectivity index is 1.71. The minimum absolute atomic E-state index is 0.0493. The molecule has 10 heteroatoms. The minimum atomic E-state index is -3.60. The summed E-state index contributed by atoms with van der Waals surface area (Å²) in [5.41, 5.74) is -0.570. The van der Waals surface area contributed by atoms with Crippen LogP contribution in [-0.4, -0.2) is 61.1 Å². The molecule has 1 aliphatic carbocycles. The fourth-order valence-electron chi connectivity index (χ4n) is 3.12. The topological polar surface area (TPSA) is 112 Å². The van der Waals surface area contributed by atoms with Gasteiger partial charge in [-0.1, -0.05) is 5.16 Å². The zero-order valence-electron chi connectivity index (χ0n) is 16.2. The lowest BCUT2D eigenvalue weighted by atomic mass is 9.92. The highest BCUT2D eigenvalue weighted by molar-refractivity contribution is 7.85. The molecule has 2 atom stereocenters. The maximum atomic E-state index is 12.3. The van der Waals surface area contributed by atoms with Crippen molar-refractivity contribution in [2.45, 2.75) is 57.5 Å². The van der Waals surface area contributed by atoms with E-state index in [0.29, 0.717) is 37.1 Å². The quantitative estimate of drug-likeness (QED) is 0.667. The first kappa shape index (κ1) is 20.1. The number of hydrogen-bond donors (Lipinski definition) is 0. The third-order valence-corrected chi connectivity index (χ3v) is 5.19. The van der Waals surface area contributed by atoms with Crippen LogP contribution in [0.1, 0.15) is 63.6 Å². The molecule has 2 heterocycles. The summed E-state index contributed by atoms with van der Waals surface area (Å²) < 4.78 is 38.8. The number of amides is 1. The molecule has 27 heavy (non-hydrogen) atoms. The zero-order chi connectivity index (χ0) is 19.8. The normalized spacial score (nSPS) is 22.1. The van der Waals surface area contributed by atoms with Crippen molar-refractivity contribution in [1.82, 2.24) is 15.0 Å². The summed E-state index contributed by atoms with van der Waals surface area (Å²) in [5.74, 6) is 0.924. The van der Waals surface area contributed by atoms with E-state index in [4.69, 9.17) is 13.4 Å². The van der Waals surface area contributed by atoms with Crippen LogP contribution in [-0.2, 0) is 19.0 Å². The van der Waals surface area contributed by atoms with Gasteiger partial charge >= 0.3 is 6.09 Å². The van der Waals surface area contributed by atoms with Crippen LogP contribution in [0.25, 0.3) is 0 Å². The number of likely N-dealkylation sites (tertiary alicyclic amines) is 1. The fraction of sp³-hybridized carbons (Fsp3) is 0.824. The number of aromatic nitrogens is 2. The number of carbonyl (C=O) groups is 1. The van der Waals surface area contributed by atoms with E-state index in [0.717, 1.165) is 19.1 Å². The van der Waals surface area contributed by atoms with E-state index in [2.05, 4.69) is 10.1 Å². The van der Waals surface area contributed by atoms with Crippen LogP contribution in [0, 0.1) is 5.92 Å². The van der Waals surface area contributed by atoms with Gasteiger partial charge in [0.1, 0.15) is 5.60 Å². The van der Waals surface area contributed by atoms with E-state index < -0.39 is 21.6 Å². The predicted octanol–water partition coefficient (Wildman–Crippen LogP) is 2.26. The lowest BCUT2D eigenvalue weighted by Gasteiger charge is -2.25. The highest BCUT2D eigenvalue weighted by Gasteiger charge is 2.39. The molecule has 1 amide bonds. The molecule has 3 rings (SSSR count). The van der Waals surface area contributed by atoms with Gasteiger partial charge in [0.15, 0.2) is 5.82 Å². The molecule has 2 fully saturated rings. The molecular weight excluding hydrogens is 374 g/mol. The first-order valence-electron chi connectivity index (χ1n) is 9.17. The van der Waals surface area contributed by atoms with Gasteiger partial charge in [0.2, 0.25) is 5.89 Å². The van der Waals surface area contributed by atoms with Crippen molar-refractivity contribution < 1.29 is 26.7 Å². The van der Waals surface area contributed by atoms with Gasteiger partial charge in [-0.3, -0.25) is 4.18 Å². The molecule has 0 aromatic carbocycles. The largest absolute Gasteiger partial charge is 0.444 e. The van der Waals surface area contributed by atoms with Gasteiger partial charge in [-0.05, 0) is 46.0 Å². The molecular formula is C17H27N3O6S. The molecule has 152 valence electrons. The monoisotopic (exact) mass is 401 g/mol. The van der Waals surface area contributed by atoms with E-state index in [9.17, 15) is 13.2 Å². The van der Waals surface area contributed by atoms with Crippen LogP contribution in [0.2, 0.25) is 0 Å². The van der Waals surface area contributed by atoms with Gasteiger partial charge in [-0.25, -0.2) is 4.79 Å². The molecule has 1 aromatic rings. The van der Waals surface area contributed by atoms with E-state index >= 15 is 0 Å². The van der Waals surface area contributed by atoms with Crippen LogP contribution in [0.3, 0.4) is 0 Å². The summed E-state index contributed by atoms with van der Waals surface area (Å²) in [7, 11) is -3.60. The second-order valence-electron chi connectivity index (χ2n) is 8.34. The van der Waals surface area contributed by atoms with Gasteiger partial charge in [-0.2, -0.15) is 13.4 Å². The van der Waals surface area contributed by atoms with Crippen molar-refractivity contribution >= 4 is 16.2 Å². The zero-order valence-corrected chi connectivity index (χ0v) is 17.0. The standard InChI is InChI=1S/C17H27N3O6S/c1-17(2,3)25-16(21)20-8-7-12(9-20)13(10-24-27(4,22)23)15-18-14(19-26-15)11-5-6-11/h11-13H,5-10H2,1-4H3/t12-,13+/m0/s1. The lowest BCUT2D eigenvalue weighted by Crippen LogP contribution is -2.36. The van der Waals surface area contributed by atoms with Crippen LogP contribution >= 0.6 is 0 Å². The molecule has 0 unspecified atom stereocenters. The Bertz CT molecular complexity index is 781. The van der Waals surface area contributed by atoms with Gasteiger partial charge < -0.3 is 14.2 Å². The molecule has 1 aliphatic heterocycles. The Morgan fingerprint density at radius 2 is 2.04 bits per heavy atom. The van der Waals surface area contributed by atoms with Crippen LogP contribution < -0.4 is 0 Å². The Labute approximate surface area is 159 Å². The van der Waals surface area contributed by atoms with Crippen molar-refractivity contribution in [2.75, 3.05) is 26.0 Å². The number of hydrogen-bond acceptors (Lipinski definition) is 8. The Morgan fingerprint density at radius 3 is 2.63 bits per heavy atom. The second-order valence-corrected chi connectivity index (χ2v) is 9.98. The Morgan fingerprint density at radius 1 is 1.33 bits per heavy atom. The minimum Gasteiger partial charge on any atom is -0.444 e. The van der Waals surface area contributed by atoms with Gasteiger partial charge in [-0.15, -0.1) is 0 Å². The number of rotatable bonds is 6. The predicted molar refractivity (Wildman–Crippen MR) is 95.7 cm³/mol. The smallest absolute Gasteiger partial charge is 0.410 e. The van der Waals surface area contributed by atoms with Crippen LogP contribution in [0.4, 0.5) is 4.79 Å². The third-order valence-electron chi connectivity index (χ3n) is 4.62. The van der Waals surface area contributed by atoms with Gasteiger partial charge in [0.25, 0.3) is 10.1 Å². The fourth-order valence-corrected chi connectivity index (χ4v) is 3.51. The summed E-state index contributed by atoms with van der Waals surface area (Å²) in [6.07, 6.45) is 3.39. The van der Waals surface area contributed by atoms with E-state index in [-0.39, 0.29) is 18.6 Å². The molecule has 0 bridgehead atoms. The molecule has 1 aromatic heterocycles. The summed E-state index contributed by atoms with van der Waals surface area (Å²) >= 11 is 0. The van der Waals surface area contributed by atoms with Gasteiger partial charge in [0, 0.05) is 19.0 Å². The molecule has 1 saturated heterocycles. The van der Waals surface area contributed by atoms with E-state index in [1.54, 1.807) is 4.90 Å². The first-order chi connectivity index (χ1) is 12.5. The third kappa shape index (κ3) is 5.65. The molecule has 2 aliphatic rings. The highest BCUT2D eigenvalue weighted by Crippen LogP contribution is 2.40. The van der Waals surface area contributed by atoms with E-state index in [1.165, 1.54) is 0 Å². The lowest BCUT2D eigenvalue weighted by molar-refractivity contribution is 0.0283. The van der Waals surface area contributed by atoms with Crippen LogP contribution in [0.5, 0.6) is 0 Å². The number of nitrogens with zero attached hydrogens (tertiary/aromatic N) is 3. The number of carbonyl (C=O) groups excluding carboxylic acids is 1. The van der Waals surface area contributed by atoms with Crippen molar-refractivity contribution in [3.05, 3.63) is 11.7 Å². The maximum Gasteiger partial charge on any atom is 0.410 e. The summed E-state index contributed by atoms with van der Waals surface area (Å²) in [6, 6.07) is 0. The van der Waals surface area contributed by atoms with Crippen LogP contribution in [0.15, 0.2) is 4.52 Å². The summed E-state index contributed by atoms with van der Waals surface area (Å²) in [4.78, 5) is 18.4. The first-order valence-corrected chi connectivity index (χ1v) is 11.0. The summed E-state index contributed by atoms with van der Waals surface area (Å²) in [6.45, 7) is 6.32. The van der Waals surface area contributed by atoms with Crippen molar-refractivity contribution in [3.8, 4) is 0 Å². The molecule has 1 saturated carbocycles. The SMILES string of the molecule is CC(C)(C)OC(=O)N1CC[C@H]([C@@H](COS(C)(=O)=O)c2nc(C3CC3)no2)C1.